The minimum atomic E-state index is -0.537. The maximum Gasteiger partial charge on any atom is 0.252 e. The van der Waals surface area contributed by atoms with Gasteiger partial charge in [-0.05, 0) is 12.8 Å². The highest BCUT2D eigenvalue weighted by atomic mass is 16.5. The van der Waals surface area contributed by atoms with Gasteiger partial charge in [-0.1, -0.05) is 45.2 Å². The zero-order valence-electron chi connectivity index (χ0n) is 13.4. The van der Waals surface area contributed by atoms with Gasteiger partial charge in [-0.3, -0.25) is 4.79 Å². The standard InChI is InChI=1S/C15H25N3O3/c1-14(2,3)12-16-13(21-18-12)15(8-6-5-7-9-15)17-11(19)10-20-4/h5-10H2,1-4H3,(H,17,19). The van der Waals surface area contributed by atoms with E-state index in [0.717, 1.165) is 25.7 Å². The summed E-state index contributed by atoms with van der Waals surface area (Å²) in [7, 11) is 1.51. The van der Waals surface area contributed by atoms with Crippen LogP contribution in [0.25, 0.3) is 0 Å². The van der Waals surface area contributed by atoms with Crippen LogP contribution in [0.3, 0.4) is 0 Å². The van der Waals surface area contributed by atoms with Crippen LogP contribution < -0.4 is 5.32 Å². The molecule has 118 valence electrons. The molecule has 0 saturated heterocycles. The van der Waals surface area contributed by atoms with Crippen molar-refractivity contribution in [1.29, 1.82) is 0 Å². The molecular formula is C15H25N3O3. The second-order valence-corrected chi connectivity index (χ2v) is 6.80. The lowest BCUT2D eigenvalue weighted by Gasteiger charge is -2.34. The lowest BCUT2D eigenvalue weighted by molar-refractivity contribution is -0.127. The minimum Gasteiger partial charge on any atom is -0.375 e. The molecule has 0 bridgehead atoms. The Labute approximate surface area is 125 Å². The van der Waals surface area contributed by atoms with Gasteiger partial charge in [-0.2, -0.15) is 4.98 Å². The fourth-order valence-electron chi connectivity index (χ4n) is 2.70. The van der Waals surface area contributed by atoms with E-state index in [2.05, 4.69) is 15.5 Å². The van der Waals surface area contributed by atoms with Crippen LogP contribution >= 0.6 is 0 Å². The van der Waals surface area contributed by atoms with E-state index in [9.17, 15) is 4.79 Å². The summed E-state index contributed by atoms with van der Waals surface area (Å²) in [5.41, 5.74) is -0.710. The number of hydrogen-bond acceptors (Lipinski definition) is 5. The fourth-order valence-corrected chi connectivity index (χ4v) is 2.70. The molecule has 2 rings (SSSR count). The van der Waals surface area contributed by atoms with E-state index >= 15 is 0 Å². The summed E-state index contributed by atoms with van der Waals surface area (Å²) in [4.78, 5) is 16.5. The number of amides is 1. The van der Waals surface area contributed by atoms with Crippen LogP contribution in [0, 0.1) is 0 Å². The normalized spacial score (nSPS) is 18.5. The molecule has 1 heterocycles. The number of nitrogens with one attached hydrogen (secondary N) is 1. The predicted octanol–water partition coefficient (Wildman–Crippen LogP) is 2.29. The number of methoxy groups -OCH3 is 1. The van der Waals surface area contributed by atoms with Crippen molar-refractivity contribution in [2.45, 2.75) is 63.8 Å². The van der Waals surface area contributed by atoms with Crippen molar-refractivity contribution in [3.63, 3.8) is 0 Å². The summed E-state index contributed by atoms with van der Waals surface area (Å²) < 4.78 is 10.4. The SMILES string of the molecule is COCC(=O)NC1(c2nc(C(C)(C)C)no2)CCCCC1. The van der Waals surface area contributed by atoms with Crippen LogP contribution in [0.5, 0.6) is 0 Å². The first-order chi connectivity index (χ1) is 9.87. The molecule has 1 aliphatic carbocycles. The first kappa shape index (κ1) is 15.9. The molecule has 1 aromatic rings. The summed E-state index contributed by atoms with van der Waals surface area (Å²) in [6.45, 7) is 6.16. The Bertz CT molecular complexity index is 485. The van der Waals surface area contributed by atoms with Crippen molar-refractivity contribution in [3.05, 3.63) is 11.7 Å². The average Bonchev–Trinajstić information content (AvgIpc) is 2.90. The molecule has 1 N–H and O–H groups in total. The van der Waals surface area contributed by atoms with Gasteiger partial charge in [-0.25, -0.2) is 0 Å². The summed E-state index contributed by atoms with van der Waals surface area (Å²) in [6.07, 6.45) is 4.91. The Morgan fingerprint density at radius 2 is 2.00 bits per heavy atom. The molecule has 6 heteroatoms. The molecule has 0 spiro atoms. The Morgan fingerprint density at radius 1 is 1.33 bits per heavy atom. The maximum atomic E-state index is 12.0. The smallest absolute Gasteiger partial charge is 0.252 e. The number of carbonyl (C=O) groups excluding carboxylic acids is 1. The van der Waals surface area contributed by atoms with E-state index in [0.29, 0.717) is 11.7 Å². The molecule has 1 fully saturated rings. The summed E-state index contributed by atoms with van der Waals surface area (Å²) >= 11 is 0. The zero-order valence-corrected chi connectivity index (χ0v) is 13.4. The van der Waals surface area contributed by atoms with Crippen LogP contribution in [0.2, 0.25) is 0 Å². The molecule has 0 radical (unpaired) electrons. The highest BCUT2D eigenvalue weighted by molar-refractivity contribution is 5.78. The number of ether oxygens (including phenoxy) is 1. The van der Waals surface area contributed by atoms with Gasteiger partial charge in [0.1, 0.15) is 12.1 Å². The van der Waals surface area contributed by atoms with Gasteiger partial charge in [0, 0.05) is 12.5 Å². The molecule has 6 nitrogen and oxygen atoms in total. The van der Waals surface area contributed by atoms with E-state index in [1.54, 1.807) is 0 Å². The Balaban J connectivity index is 2.27. The fraction of sp³-hybridized carbons (Fsp3) is 0.800. The molecule has 1 aliphatic rings. The second kappa shape index (κ2) is 6.13. The van der Waals surface area contributed by atoms with Crippen LogP contribution in [0.15, 0.2) is 4.52 Å². The van der Waals surface area contributed by atoms with Gasteiger partial charge >= 0.3 is 0 Å². The Morgan fingerprint density at radius 3 is 2.52 bits per heavy atom. The minimum absolute atomic E-state index is 0.0437. The van der Waals surface area contributed by atoms with Crippen LogP contribution in [-0.2, 0) is 20.5 Å². The molecule has 0 aliphatic heterocycles. The number of nitrogens with zero attached hydrogens (tertiary/aromatic N) is 2. The number of carbonyl (C=O) groups is 1. The summed E-state index contributed by atoms with van der Waals surface area (Å²) in [5, 5.41) is 7.15. The lowest BCUT2D eigenvalue weighted by atomic mass is 9.81. The summed E-state index contributed by atoms with van der Waals surface area (Å²) in [6, 6.07) is 0. The van der Waals surface area contributed by atoms with Crippen LogP contribution in [0.1, 0.15) is 64.6 Å². The summed E-state index contributed by atoms with van der Waals surface area (Å²) in [5.74, 6) is 1.05. The van der Waals surface area contributed by atoms with Gasteiger partial charge in [-0.15, -0.1) is 0 Å². The molecule has 1 saturated carbocycles. The van der Waals surface area contributed by atoms with E-state index in [1.165, 1.54) is 13.5 Å². The third kappa shape index (κ3) is 3.61. The highest BCUT2D eigenvalue weighted by Gasteiger charge is 2.41. The van der Waals surface area contributed by atoms with Crippen LogP contribution in [0.4, 0.5) is 0 Å². The van der Waals surface area contributed by atoms with Crippen molar-refractivity contribution in [2.24, 2.45) is 0 Å². The predicted molar refractivity (Wildman–Crippen MR) is 77.8 cm³/mol. The van der Waals surface area contributed by atoms with Gasteiger partial charge in [0.25, 0.3) is 5.89 Å². The van der Waals surface area contributed by atoms with Crippen molar-refractivity contribution in [1.82, 2.24) is 15.5 Å². The topological polar surface area (TPSA) is 77.2 Å². The molecule has 0 atom stereocenters. The maximum absolute atomic E-state index is 12.0. The molecule has 1 aromatic heterocycles. The number of rotatable bonds is 4. The van der Waals surface area contributed by atoms with Gasteiger partial charge < -0.3 is 14.6 Å². The third-order valence-electron chi connectivity index (χ3n) is 3.87. The first-order valence-electron chi connectivity index (χ1n) is 7.52. The van der Waals surface area contributed by atoms with Gasteiger partial charge in [0.15, 0.2) is 5.82 Å². The first-order valence-corrected chi connectivity index (χ1v) is 7.52. The molecular weight excluding hydrogens is 270 g/mol. The average molecular weight is 295 g/mol. The van der Waals surface area contributed by atoms with Crippen molar-refractivity contribution < 1.29 is 14.1 Å². The Kier molecular flexibility index (Phi) is 4.66. The molecule has 0 aromatic carbocycles. The van der Waals surface area contributed by atoms with Gasteiger partial charge in [0.2, 0.25) is 5.91 Å². The molecule has 21 heavy (non-hydrogen) atoms. The zero-order chi connectivity index (χ0) is 15.5. The van der Waals surface area contributed by atoms with E-state index in [1.807, 2.05) is 20.8 Å². The monoisotopic (exact) mass is 295 g/mol. The van der Waals surface area contributed by atoms with E-state index < -0.39 is 5.54 Å². The van der Waals surface area contributed by atoms with Crippen LogP contribution in [-0.4, -0.2) is 29.8 Å². The Hall–Kier alpha value is -1.43. The van der Waals surface area contributed by atoms with Crippen molar-refractivity contribution in [3.8, 4) is 0 Å². The van der Waals surface area contributed by atoms with Gasteiger partial charge in [0.05, 0.1) is 0 Å². The quantitative estimate of drug-likeness (QED) is 0.922. The van der Waals surface area contributed by atoms with Crippen molar-refractivity contribution >= 4 is 5.91 Å². The van der Waals surface area contributed by atoms with E-state index in [-0.39, 0.29) is 17.9 Å². The van der Waals surface area contributed by atoms with Crippen molar-refractivity contribution in [2.75, 3.05) is 13.7 Å². The largest absolute Gasteiger partial charge is 0.375 e. The van der Waals surface area contributed by atoms with E-state index in [4.69, 9.17) is 9.26 Å². The number of aromatic nitrogens is 2. The molecule has 1 amide bonds. The lowest BCUT2D eigenvalue weighted by Crippen LogP contribution is -2.48. The molecule has 0 unspecified atom stereocenters. The number of hydrogen-bond donors (Lipinski definition) is 1. The second-order valence-electron chi connectivity index (χ2n) is 6.80. The third-order valence-corrected chi connectivity index (χ3v) is 3.87. The highest BCUT2D eigenvalue weighted by Crippen LogP contribution is 2.37.